The highest BCUT2D eigenvalue weighted by Crippen LogP contribution is 2.13. The molecule has 2 rings (SSSR count). The van der Waals surface area contributed by atoms with Gasteiger partial charge in [0.1, 0.15) is 0 Å². The van der Waals surface area contributed by atoms with Gasteiger partial charge >= 0.3 is 0 Å². The minimum Gasteiger partial charge on any atom is -0.338 e. The minimum atomic E-state index is 0.462. The average molecular weight is 287 g/mol. The van der Waals surface area contributed by atoms with Crippen molar-refractivity contribution in [1.82, 2.24) is 15.5 Å². The number of hydrogen-bond acceptors (Lipinski definition) is 4. The van der Waals surface area contributed by atoms with Crippen LogP contribution < -0.4 is 5.32 Å². The van der Waals surface area contributed by atoms with E-state index >= 15 is 0 Å². The van der Waals surface area contributed by atoms with Gasteiger partial charge in [0.05, 0.1) is 6.54 Å². The van der Waals surface area contributed by atoms with Crippen molar-refractivity contribution in [2.75, 3.05) is 0 Å². The third-order valence-electron chi connectivity index (χ3n) is 4.05. The van der Waals surface area contributed by atoms with Crippen LogP contribution in [0.4, 0.5) is 0 Å². The topological polar surface area (TPSA) is 51.0 Å². The average Bonchev–Trinajstić information content (AvgIpc) is 2.95. The van der Waals surface area contributed by atoms with E-state index < -0.39 is 0 Å². The number of nitrogens with one attached hydrogen (secondary N) is 1. The molecule has 0 amide bonds. The zero-order chi connectivity index (χ0) is 15.1. The molecule has 0 aliphatic rings. The molecule has 4 nitrogen and oxygen atoms in total. The standard InChI is InChI=1S/C17H25N3O/c1-4-15(5-2)13(3)18-12-17-19-16(20-21-17)11-14-9-7-6-8-10-14/h6-10,13,15,18H,4-5,11-12H2,1-3H3. The molecule has 21 heavy (non-hydrogen) atoms. The first-order chi connectivity index (χ1) is 10.2. The van der Waals surface area contributed by atoms with Crippen LogP contribution in [-0.2, 0) is 13.0 Å². The van der Waals surface area contributed by atoms with Gasteiger partial charge in [-0.05, 0) is 18.4 Å². The Balaban J connectivity index is 1.86. The molecule has 1 unspecified atom stereocenters. The van der Waals surface area contributed by atoms with E-state index in [4.69, 9.17) is 4.52 Å². The molecule has 1 aromatic carbocycles. The summed E-state index contributed by atoms with van der Waals surface area (Å²) >= 11 is 0. The Morgan fingerprint density at radius 2 is 1.86 bits per heavy atom. The molecule has 0 aliphatic heterocycles. The molecule has 0 bridgehead atoms. The Labute approximate surface area is 127 Å². The van der Waals surface area contributed by atoms with Crippen LogP contribution >= 0.6 is 0 Å². The normalized spacial score (nSPS) is 12.8. The molecule has 114 valence electrons. The Kier molecular flexibility index (Phi) is 5.93. The van der Waals surface area contributed by atoms with Gasteiger partial charge in [-0.15, -0.1) is 0 Å². The van der Waals surface area contributed by atoms with Crippen molar-refractivity contribution in [3.05, 3.63) is 47.6 Å². The molecule has 0 radical (unpaired) electrons. The molecule has 2 aromatic rings. The van der Waals surface area contributed by atoms with Gasteiger partial charge in [0.25, 0.3) is 0 Å². The number of aromatic nitrogens is 2. The predicted octanol–water partition coefficient (Wildman–Crippen LogP) is 3.57. The summed E-state index contributed by atoms with van der Waals surface area (Å²) in [7, 11) is 0. The van der Waals surface area contributed by atoms with E-state index in [1.807, 2.05) is 18.2 Å². The molecule has 1 N–H and O–H groups in total. The lowest BCUT2D eigenvalue weighted by atomic mass is 9.95. The van der Waals surface area contributed by atoms with E-state index in [1.54, 1.807) is 0 Å². The van der Waals surface area contributed by atoms with Gasteiger partial charge in [-0.25, -0.2) is 0 Å². The fraction of sp³-hybridized carbons (Fsp3) is 0.529. The number of rotatable bonds is 8. The van der Waals surface area contributed by atoms with Crippen LogP contribution in [0.15, 0.2) is 34.9 Å². The summed E-state index contributed by atoms with van der Waals surface area (Å²) in [5, 5.41) is 7.53. The number of nitrogens with zero attached hydrogens (tertiary/aromatic N) is 2. The van der Waals surface area contributed by atoms with E-state index in [-0.39, 0.29) is 0 Å². The van der Waals surface area contributed by atoms with Gasteiger partial charge in [0.15, 0.2) is 5.82 Å². The Morgan fingerprint density at radius 3 is 2.52 bits per heavy atom. The van der Waals surface area contributed by atoms with Crippen molar-refractivity contribution in [2.24, 2.45) is 5.92 Å². The summed E-state index contributed by atoms with van der Waals surface area (Å²) in [4.78, 5) is 4.45. The highest BCUT2D eigenvalue weighted by Gasteiger charge is 2.14. The van der Waals surface area contributed by atoms with Gasteiger partial charge in [-0.3, -0.25) is 0 Å². The highest BCUT2D eigenvalue weighted by molar-refractivity contribution is 5.18. The predicted molar refractivity (Wildman–Crippen MR) is 83.9 cm³/mol. The van der Waals surface area contributed by atoms with Gasteiger partial charge in [0, 0.05) is 12.5 Å². The van der Waals surface area contributed by atoms with Crippen molar-refractivity contribution in [3.63, 3.8) is 0 Å². The molecule has 0 saturated carbocycles. The fourth-order valence-corrected chi connectivity index (χ4v) is 2.62. The Bertz CT molecular complexity index is 520. The van der Waals surface area contributed by atoms with Crippen LogP contribution in [0.3, 0.4) is 0 Å². The van der Waals surface area contributed by atoms with Crippen LogP contribution in [0, 0.1) is 5.92 Å². The first-order valence-corrected chi connectivity index (χ1v) is 7.81. The van der Waals surface area contributed by atoms with Gasteiger partial charge in [0.2, 0.25) is 5.89 Å². The van der Waals surface area contributed by atoms with Gasteiger partial charge in [-0.1, -0.05) is 62.2 Å². The van der Waals surface area contributed by atoms with E-state index in [9.17, 15) is 0 Å². The Morgan fingerprint density at radius 1 is 1.14 bits per heavy atom. The molecule has 1 heterocycles. The van der Waals surface area contributed by atoms with Crippen molar-refractivity contribution in [2.45, 2.75) is 52.6 Å². The molecule has 0 spiro atoms. The molecular formula is C17H25N3O. The maximum absolute atomic E-state index is 5.31. The summed E-state index contributed by atoms with van der Waals surface area (Å²) in [5.41, 5.74) is 1.20. The van der Waals surface area contributed by atoms with Crippen LogP contribution in [0.2, 0.25) is 0 Å². The van der Waals surface area contributed by atoms with Crippen molar-refractivity contribution < 1.29 is 4.52 Å². The molecule has 1 atom stereocenters. The highest BCUT2D eigenvalue weighted by atomic mass is 16.5. The summed E-state index contributed by atoms with van der Waals surface area (Å²) in [6, 6.07) is 10.7. The molecule has 1 aromatic heterocycles. The summed E-state index contributed by atoms with van der Waals surface area (Å²) < 4.78 is 5.31. The quantitative estimate of drug-likeness (QED) is 0.806. The maximum Gasteiger partial charge on any atom is 0.240 e. The maximum atomic E-state index is 5.31. The van der Waals surface area contributed by atoms with Crippen LogP contribution in [0.25, 0.3) is 0 Å². The molecule has 0 saturated heterocycles. The van der Waals surface area contributed by atoms with E-state index in [0.29, 0.717) is 30.8 Å². The minimum absolute atomic E-state index is 0.462. The smallest absolute Gasteiger partial charge is 0.240 e. The second kappa shape index (κ2) is 7.93. The van der Waals surface area contributed by atoms with Gasteiger partial charge in [-0.2, -0.15) is 4.98 Å². The molecule has 0 fully saturated rings. The van der Waals surface area contributed by atoms with E-state index in [2.05, 4.69) is 48.4 Å². The number of hydrogen-bond donors (Lipinski definition) is 1. The lowest BCUT2D eigenvalue weighted by molar-refractivity contribution is 0.316. The lowest BCUT2D eigenvalue weighted by Gasteiger charge is -2.21. The van der Waals surface area contributed by atoms with E-state index in [1.165, 1.54) is 18.4 Å². The second-order valence-corrected chi connectivity index (χ2v) is 5.51. The lowest BCUT2D eigenvalue weighted by Crippen LogP contribution is -2.32. The summed E-state index contributed by atoms with van der Waals surface area (Å²) in [6.45, 7) is 7.33. The SMILES string of the molecule is CCC(CC)C(C)NCc1nc(Cc2ccccc2)no1. The molecule has 4 heteroatoms. The Hall–Kier alpha value is -1.68. The van der Waals surface area contributed by atoms with Crippen molar-refractivity contribution >= 4 is 0 Å². The molecule has 0 aliphatic carbocycles. The monoisotopic (exact) mass is 287 g/mol. The first-order valence-electron chi connectivity index (χ1n) is 7.81. The van der Waals surface area contributed by atoms with Crippen molar-refractivity contribution in [3.8, 4) is 0 Å². The zero-order valence-electron chi connectivity index (χ0n) is 13.2. The second-order valence-electron chi connectivity index (χ2n) is 5.51. The van der Waals surface area contributed by atoms with Crippen LogP contribution in [0.5, 0.6) is 0 Å². The molecular weight excluding hydrogens is 262 g/mol. The van der Waals surface area contributed by atoms with Crippen LogP contribution in [0.1, 0.15) is 50.9 Å². The number of benzene rings is 1. The first kappa shape index (κ1) is 15.7. The van der Waals surface area contributed by atoms with Crippen LogP contribution in [-0.4, -0.2) is 16.2 Å². The van der Waals surface area contributed by atoms with Crippen molar-refractivity contribution in [1.29, 1.82) is 0 Å². The van der Waals surface area contributed by atoms with Gasteiger partial charge < -0.3 is 9.84 Å². The summed E-state index contributed by atoms with van der Waals surface area (Å²) in [6.07, 6.45) is 3.09. The third kappa shape index (κ3) is 4.67. The fourth-order valence-electron chi connectivity index (χ4n) is 2.62. The summed E-state index contributed by atoms with van der Waals surface area (Å²) in [5.74, 6) is 2.10. The van der Waals surface area contributed by atoms with E-state index in [0.717, 1.165) is 5.82 Å². The zero-order valence-corrected chi connectivity index (χ0v) is 13.2. The largest absolute Gasteiger partial charge is 0.338 e. The third-order valence-corrected chi connectivity index (χ3v) is 4.05.